The first-order valence-corrected chi connectivity index (χ1v) is 19.9. The summed E-state index contributed by atoms with van der Waals surface area (Å²) in [6, 6.07) is 66.7. The van der Waals surface area contributed by atoms with Crippen molar-refractivity contribution in [1.29, 1.82) is 0 Å². The van der Waals surface area contributed by atoms with Gasteiger partial charge in [-0.25, -0.2) is 15.0 Å². The van der Waals surface area contributed by atoms with Gasteiger partial charge in [0.1, 0.15) is 0 Å². The summed E-state index contributed by atoms with van der Waals surface area (Å²) in [6.07, 6.45) is 0. The zero-order valence-corrected chi connectivity index (χ0v) is 31.4. The third kappa shape index (κ3) is 4.98. The lowest BCUT2D eigenvalue weighted by Crippen LogP contribution is -2.00. The van der Waals surface area contributed by atoms with Gasteiger partial charge in [0.15, 0.2) is 17.5 Å². The Morgan fingerprint density at radius 1 is 0.316 bits per heavy atom. The molecule has 0 radical (unpaired) electrons. The molecule has 4 aromatic heterocycles. The zero-order valence-electron chi connectivity index (χ0n) is 30.5. The molecule has 4 heterocycles. The van der Waals surface area contributed by atoms with Crippen LogP contribution in [0.1, 0.15) is 0 Å². The molecule has 5 nitrogen and oxygen atoms in total. The van der Waals surface area contributed by atoms with E-state index in [1.165, 1.54) is 47.4 Å². The Morgan fingerprint density at radius 2 is 0.825 bits per heavy atom. The molecule has 0 saturated carbocycles. The number of nitrogens with zero attached hydrogens (tertiary/aromatic N) is 5. The second-order valence-electron chi connectivity index (χ2n) is 14.4. The van der Waals surface area contributed by atoms with Crippen LogP contribution in [0.15, 0.2) is 188 Å². The number of hydrogen-bond donors (Lipinski definition) is 0. The summed E-state index contributed by atoms with van der Waals surface area (Å²) < 4.78 is 7.32. The summed E-state index contributed by atoms with van der Waals surface area (Å²) in [5.41, 5.74) is 9.80. The number of thiophene rings is 1. The third-order valence-electron chi connectivity index (χ3n) is 11.2. The summed E-state index contributed by atoms with van der Waals surface area (Å²) in [5.74, 6) is 1.94. The van der Waals surface area contributed by atoms with Crippen LogP contribution in [-0.2, 0) is 0 Å². The molecule has 57 heavy (non-hydrogen) atoms. The standard InChI is InChI=1S/C51H31N5S/c1-4-14-32(15-5-1)49-52-50(33-16-6-2-7-17-33)54-51(53-49)34-24-26-43-39(30-34)47-44(55(43)35-18-8-3-9-19-35)27-29-46-48(47)40-31-36(25-28-45(40)57-46)56-41-22-12-10-20-37(41)38-21-11-13-23-42(38)56/h1-31H. The van der Waals surface area contributed by atoms with Crippen LogP contribution in [0.25, 0.3) is 109 Å². The average molecular weight is 746 g/mol. The number of benzene rings is 8. The summed E-state index contributed by atoms with van der Waals surface area (Å²) >= 11 is 1.85. The number of fused-ring (bicyclic) bond motifs is 10. The first kappa shape index (κ1) is 31.9. The molecule has 6 heteroatoms. The Labute approximate surface area is 331 Å². The van der Waals surface area contributed by atoms with Gasteiger partial charge in [0.2, 0.25) is 0 Å². The monoisotopic (exact) mass is 745 g/mol. The predicted octanol–water partition coefficient (Wildman–Crippen LogP) is 13.4. The molecule has 0 unspecified atom stereocenters. The molecule has 0 aliphatic rings. The van der Waals surface area contributed by atoms with Crippen molar-refractivity contribution in [3.05, 3.63) is 188 Å². The van der Waals surface area contributed by atoms with E-state index in [2.05, 4.69) is 161 Å². The topological polar surface area (TPSA) is 48.5 Å². The molecular weight excluding hydrogens is 715 g/mol. The first-order chi connectivity index (χ1) is 28.3. The maximum absolute atomic E-state index is 5.11. The fraction of sp³-hybridized carbons (Fsp3) is 0. The van der Waals surface area contributed by atoms with E-state index in [1.54, 1.807) is 0 Å². The van der Waals surface area contributed by atoms with E-state index in [0.717, 1.165) is 44.5 Å². The maximum atomic E-state index is 5.11. The SMILES string of the molecule is c1ccc(-c2nc(-c3ccccc3)nc(-c3ccc4c(c3)c3c5c(ccc3n4-c3ccccc3)sc3ccc(-n4c6ccccc6c6ccccc64)cc35)n2)cc1. The van der Waals surface area contributed by atoms with Crippen molar-refractivity contribution in [3.8, 4) is 45.5 Å². The van der Waals surface area contributed by atoms with E-state index in [-0.39, 0.29) is 0 Å². The van der Waals surface area contributed by atoms with Gasteiger partial charge in [-0.05, 0) is 72.8 Å². The number of para-hydroxylation sites is 3. The van der Waals surface area contributed by atoms with Crippen molar-refractivity contribution >= 4 is 75.1 Å². The van der Waals surface area contributed by atoms with Gasteiger partial charge in [-0.15, -0.1) is 11.3 Å². The Hall–Kier alpha value is -7.41. The summed E-state index contributed by atoms with van der Waals surface area (Å²) in [4.78, 5) is 15.2. The lowest BCUT2D eigenvalue weighted by Gasteiger charge is -2.09. The molecule has 0 saturated heterocycles. The van der Waals surface area contributed by atoms with Gasteiger partial charge in [0, 0.05) is 69.8 Å². The van der Waals surface area contributed by atoms with E-state index in [9.17, 15) is 0 Å². The molecule has 8 aromatic carbocycles. The van der Waals surface area contributed by atoms with E-state index in [1.807, 2.05) is 47.7 Å². The van der Waals surface area contributed by atoms with Gasteiger partial charge in [-0.3, -0.25) is 0 Å². The van der Waals surface area contributed by atoms with Crippen molar-refractivity contribution in [2.45, 2.75) is 0 Å². The molecule has 12 rings (SSSR count). The second kappa shape index (κ2) is 12.6. The minimum atomic E-state index is 0.640. The van der Waals surface area contributed by atoms with Crippen LogP contribution in [0.4, 0.5) is 0 Å². The molecule has 0 bridgehead atoms. The lowest BCUT2D eigenvalue weighted by molar-refractivity contribution is 1.07. The van der Waals surface area contributed by atoms with Gasteiger partial charge in [0.25, 0.3) is 0 Å². The highest BCUT2D eigenvalue weighted by Crippen LogP contribution is 2.45. The van der Waals surface area contributed by atoms with Gasteiger partial charge in [-0.1, -0.05) is 115 Å². The maximum Gasteiger partial charge on any atom is 0.164 e. The largest absolute Gasteiger partial charge is 0.309 e. The van der Waals surface area contributed by atoms with Crippen LogP contribution in [0.2, 0.25) is 0 Å². The van der Waals surface area contributed by atoms with E-state index in [0.29, 0.717) is 17.5 Å². The average Bonchev–Trinajstić information content (AvgIpc) is 3.94. The highest BCUT2D eigenvalue weighted by atomic mass is 32.1. The van der Waals surface area contributed by atoms with Gasteiger partial charge < -0.3 is 9.13 Å². The Kier molecular flexibility index (Phi) is 7.03. The number of aromatic nitrogens is 5. The molecule has 0 amide bonds. The van der Waals surface area contributed by atoms with Crippen molar-refractivity contribution < 1.29 is 0 Å². The second-order valence-corrected chi connectivity index (χ2v) is 15.5. The normalized spacial score (nSPS) is 11.9. The van der Waals surface area contributed by atoms with Gasteiger partial charge in [-0.2, -0.15) is 0 Å². The molecule has 0 aliphatic heterocycles. The summed E-state index contributed by atoms with van der Waals surface area (Å²) in [7, 11) is 0. The minimum absolute atomic E-state index is 0.640. The van der Waals surface area contributed by atoms with Crippen LogP contribution >= 0.6 is 11.3 Å². The highest BCUT2D eigenvalue weighted by molar-refractivity contribution is 7.26. The Bertz CT molecular complexity index is 3400. The Balaban J connectivity index is 1.15. The van der Waals surface area contributed by atoms with Crippen molar-refractivity contribution in [2.24, 2.45) is 0 Å². The van der Waals surface area contributed by atoms with Gasteiger partial charge >= 0.3 is 0 Å². The van der Waals surface area contributed by atoms with Gasteiger partial charge in [0.05, 0.1) is 22.1 Å². The molecule has 266 valence electrons. The summed E-state index contributed by atoms with van der Waals surface area (Å²) in [6.45, 7) is 0. The predicted molar refractivity (Wildman–Crippen MR) is 238 cm³/mol. The molecular formula is C51H31N5S. The van der Waals surface area contributed by atoms with Crippen molar-refractivity contribution in [1.82, 2.24) is 24.1 Å². The molecule has 0 atom stereocenters. The number of rotatable bonds is 5. The van der Waals surface area contributed by atoms with E-state index in [4.69, 9.17) is 15.0 Å². The lowest BCUT2D eigenvalue weighted by atomic mass is 10.0. The van der Waals surface area contributed by atoms with Crippen LogP contribution in [0.5, 0.6) is 0 Å². The minimum Gasteiger partial charge on any atom is -0.309 e. The fourth-order valence-corrected chi connectivity index (χ4v) is 9.73. The molecule has 0 fully saturated rings. The van der Waals surface area contributed by atoms with Crippen LogP contribution in [0, 0.1) is 0 Å². The molecule has 12 aromatic rings. The third-order valence-corrected chi connectivity index (χ3v) is 12.3. The fourth-order valence-electron chi connectivity index (χ4n) is 8.64. The quantitative estimate of drug-likeness (QED) is 0.176. The Morgan fingerprint density at radius 3 is 1.47 bits per heavy atom. The number of hydrogen-bond acceptors (Lipinski definition) is 4. The van der Waals surface area contributed by atoms with Crippen LogP contribution in [0.3, 0.4) is 0 Å². The molecule has 0 spiro atoms. The van der Waals surface area contributed by atoms with E-state index >= 15 is 0 Å². The van der Waals surface area contributed by atoms with Crippen LogP contribution < -0.4 is 0 Å². The van der Waals surface area contributed by atoms with Crippen LogP contribution in [-0.4, -0.2) is 24.1 Å². The summed E-state index contributed by atoms with van der Waals surface area (Å²) in [5, 5.41) is 7.40. The van der Waals surface area contributed by atoms with E-state index < -0.39 is 0 Å². The zero-order chi connectivity index (χ0) is 37.5. The van der Waals surface area contributed by atoms with Crippen molar-refractivity contribution in [3.63, 3.8) is 0 Å². The highest BCUT2D eigenvalue weighted by Gasteiger charge is 2.21. The smallest absolute Gasteiger partial charge is 0.164 e. The molecule has 0 aliphatic carbocycles. The molecule has 0 N–H and O–H groups in total. The first-order valence-electron chi connectivity index (χ1n) is 19.1. The van der Waals surface area contributed by atoms with Crippen molar-refractivity contribution in [2.75, 3.05) is 0 Å².